The summed E-state index contributed by atoms with van der Waals surface area (Å²) in [6.45, 7) is 0. The molecule has 0 aliphatic heterocycles. The summed E-state index contributed by atoms with van der Waals surface area (Å²) in [5, 5.41) is 0. The summed E-state index contributed by atoms with van der Waals surface area (Å²) < 4.78 is 24.7. The number of ketones is 1. The van der Waals surface area contributed by atoms with Crippen LogP contribution in [-0.4, -0.2) is 18.8 Å². The summed E-state index contributed by atoms with van der Waals surface area (Å²) >= 11 is 1.13. The van der Waals surface area contributed by atoms with Gasteiger partial charge in [-0.05, 0) is 37.1 Å². The first kappa shape index (κ1) is 15.3. The summed E-state index contributed by atoms with van der Waals surface area (Å²) in [7, 11) is -3.69. The van der Waals surface area contributed by atoms with E-state index in [2.05, 4.69) is 0 Å². The molecular formula is C17H16O3S2. The van der Waals surface area contributed by atoms with Crippen molar-refractivity contribution < 1.29 is 13.2 Å². The van der Waals surface area contributed by atoms with Crippen molar-refractivity contribution in [3.63, 3.8) is 0 Å². The van der Waals surface area contributed by atoms with E-state index in [0.29, 0.717) is 0 Å². The lowest BCUT2D eigenvalue weighted by atomic mass is 10.3. The molecule has 0 saturated heterocycles. The van der Waals surface area contributed by atoms with Crippen LogP contribution in [0.3, 0.4) is 0 Å². The van der Waals surface area contributed by atoms with E-state index in [1.54, 1.807) is 30.3 Å². The molecule has 0 amide bonds. The molecule has 22 heavy (non-hydrogen) atoms. The number of Topliss-reactive ketones (excluding diaryl/α,β-unsaturated/α-hetero) is 1. The number of thioether (sulfide) groups is 1. The molecule has 1 unspecified atom stereocenters. The molecule has 1 saturated carbocycles. The predicted molar refractivity (Wildman–Crippen MR) is 87.4 cm³/mol. The van der Waals surface area contributed by atoms with Crippen molar-refractivity contribution in [1.29, 1.82) is 0 Å². The molecule has 0 N–H and O–H groups in total. The van der Waals surface area contributed by atoms with E-state index in [1.807, 2.05) is 30.3 Å². The third-order valence-electron chi connectivity index (χ3n) is 3.55. The Morgan fingerprint density at radius 1 is 0.955 bits per heavy atom. The van der Waals surface area contributed by atoms with E-state index in [9.17, 15) is 13.2 Å². The van der Waals surface area contributed by atoms with Crippen LogP contribution in [-0.2, 0) is 14.6 Å². The highest BCUT2D eigenvalue weighted by Gasteiger charge is 2.42. The third-order valence-corrected chi connectivity index (χ3v) is 7.32. The molecule has 0 bridgehead atoms. The van der Waals surface area contributed by atoms with Crippen molar-refractivity contribution in [2.75, 3.05) is 0 Å². The first-order valence-corrected chi connectivity index (χ1v) is 9.56. The van der Waals surface area contributed by atoms with E-state index in [1.165, 1.54) is 0 Å². The Balaban J connectivity index is 1.96. The van der Waals surface area contributed by atoms with Gasteiger partial charge in [0.1, 0.15) is 0 Å². The average Bonchev–Trinajstić information content (AvgIpc) is 3.38. The molecule has 1 atom stereocenters. The largest absolute Gasteiger partial charge is 0.297 e. The lowest BCUT2D eigenvalue weighted by molar-refractivity contribution is -0.118. The molecule has 0 spiro atoms. The van der Waals surface area contributed by atoms with Crippen LogP contribution in [0.2, 0.25) is 0 Å². The van der Waals surface area contributed by atoms with Gasteiger partial charge in [-0.25, -0.2) is 8.42 Å². The fraction of sp³-hybridized carbons (Fsp3) is 0.235. The topological polar surface area (TPSA) is 51.2 Å². The number of hydrogen-bond acceptors (Lipinski definition) is 4. The minimum atomic E-state index is -3.69. The van der Waals surface area contributed by atoms with Crippen molar-refractivity contribution in [3.05, 3.63) is 60.7 Å². The van der Waals surface area contributed by atoms with Crippen LogP contribution >= 0.6 is 11.8 Å². The molecule has 3 rings (SSSR count). The number of rotatable bonds is 6. The molecular weight excluding hydrogens is 316 g/mol. The summed E-state index contributed by atoms with van der Waals surface area (Å²) in [5.41, 5.74) is 0. The lowest BCUT2D eigenvalue weighted by Gasteiger charge is -2.16. The highest BCUT2D eigenvalue weighted by atomic mass is 32.3. The van der Waals surface area contributed by atoms with E-state index < -0.39 is 14.4 Å². The van der Waals surface area contributed by atoms with E-state index >= 15 is 0 Å². The van der Waals surface area contributed by atoms with Crippen molar-refractivity contribution in [1.82, 2.24) is 0 Å². The Morgan fingerprint density at radius 3 is 2.05 bits per heavy atom. The zero-order valence-corrected chi connectivity index (χ0v) is 13.5. The Morgan fingerprint density at radius 2 is 1.50 bits per heavy atom. The van der Waals surface area contributed by atoms with Crippen LogP contribution in [0.25, 0.3) is 0 Å². The standard InChI is InChI=1S/C17H16O3S2/c18-16(13-11-12-13)17(21-14-7-3-1-4-8-14)22(19,20)15-9-5-2-6-10-15/h1-10,13,17H,11-12H2. The minimum absolute atomic E-state index is 0.0975. The van der Waals surface area contributed by atoms with Gasteiger partial charge in [-0.15, -0.1) is 0 Å². The maximum atomic E-state index is 12.9. The van der Waals surface area contributed by atoms with Gasteiger partial charge in [0.2, 0.25) is 0 Å². The molecule has 1 aliphatic rings. The van der Waals surface area contributed by atoms with Gasteiger partial charge in [0.05, 0.1) is 4.90 Å². The van der Waals surface area contributed by atoms with Crippen molar-refractivity contribution in [2.24, 2.45) is 5.92 Å². The maximum absolute atomic E-state index is 12.9. The average molecular weight is 332 g/mol. The van der Waals surface area contributed by atoms with E-state index in [4.69, 9.17) is 0 Å². The van der Waals surface area contributed by atoms with Gasteiger partial charge in [-0.3, -0.25) is 4.79 Å². The molecule has 0 aromatic heterocycles. The summed E-state index contributed by atoms with van der Waals surface area (Å²) in [4.78, 5) is 13.5. The highest BCUT2D eigenvalue weighted by molar-refractivity contribution is 8.14. The number of sulfone groups is 1. The quantitative estimate of drug-likeness (QED) is 0.759. The molecule has 0 heterocycles. The van der Waals surface area contributed by atoms with Crippen LogP contribution in [0.15, 0.2) is 70.5 Å². The van der Waals surface area contributed by atoms with Crippen molar-refractivity contribution in [3.8, 4) is 0 Å². The Bertz CT molecular complexity index is 751. The first-order chi connectivity index (χ1) is 10.6. The number of hydrogen-bond donors (Lipinski definition) is 0. The van der Waals surface area contributed by atoms with E-state index in [0.717, 1.165) is 29.5 Å². The number of carbonyl (C=O) groups excluding carboxylic acids is 1. The molecule has 114 valence electrons. The molecule has 2 aromatic rings. The van der Waals surface area contributed by atoms with Crippen LogP contribution < -0.4 is 0 Å². The normalized spacial score (nSPS) is 16.2. The summed E-state index contributed by atoms with van der Waals surface area (Å²) in [6.07, 6.45) is 1.60. The highest BCUT2D eigenvalue weighted by Crippen LogP contribution is 2.39. The van der Waals surface area contributed by atoms with Crippen LogP contribution in [0.4, 0.5) is 0 Å². The molecule has 0 radical (unpaired) electrons. The lowest BCUT2D eigenvalue weighted by Crippen LogP contribution is -2.28. The zero-order valence-electron chi connectivity index (χ0n) is 11.9. The van der Waals surface area contributed by atoms with Crippen molar-refractivity contribution >= 4 is 27.4 Å². The van der Waals surface area contributed by atoms with Gasteiger partial charge < -0.3 is 0 Å². The number of carbonyl (C=O) groups is 1. The van der Waals surface area contributed by atoms with Crippen LogP contribution in [0.1, 0.15) is 12.8 Å². The second-order valence-corrected chi connectivity index (χ2v) is 8.81. The summed E-state index contributed by atoms with van der Waals surface area (Å²) in [5.74, 6) is -0.266. The monoisotopic (exact) mass is 332 g/mol. The molecule has 2 aromatic carbocycles. The van der Waals surface area contributed by atoms with E-state index in [-0.39, 0.29) is 16.6 Å². The first-order valence-electron chi connectivity index (χ1n) is 7.13. The summed E-state index contributed by atoms with van der Waals surface area (Å²) in [6, 6.07) is 17.4. The van der Waals surface area contributed by atoms with Gasteiger partial charge in [0, 0.05) is 10.8 Å². The molecule has 5 heteroatoms. The zero-order chi connectivity index (χ0) is 15.6. The second kappa shape index (κ2) is 6.26. The fourth-order valence-corrected chi connectivity index (χ4v) is 5.52. The predicted octanol–water partition coefficient (Wildman–Crippen LogP) is 3.56. The van der Waals surface area contributed by atoms with Crippen LogP contribution in [0, 0.1) is 5.92 Å². The van der Waals surface area contributed by atoms with Gasteiger partial charge in [-0.2, -0.15) is 0 Å². The van der Waals surface area contributed by atoms with Crippen LogP contribution in [0.5, 0.6) is 0 Å². The Hall–Kier alpha value is -1.59. The molecule has 3 nitrogen and oxygen atoms in total. The minimum Gasteiger partial charge on any atom is -0.297 e. The van der Waals surface area contributed by atoms with Gasteiger partial charge in [0.25, 0.3) is 0 Å². The fourth-order valence-electron chi connectivity index (χ4n) is 2.19. The Kier molecular flexibility index (Phi) is 4.36. The maximum Gasteiger partial charge on any atom is 0.198 e. The number of benzene rings is 2. The van der Waals surface area contributed by atoms with Gasteiger partial charge in [-0.1, -0.05) is 48.2 Å². The van der Waals surface area contributed by atoms with Crippen molar-refractivity contribution in [2.45, 2.75) is 27.2 Å². The molecule has 1 fully saturated rings. The Labute approximate surface area is 134 Å². The van der Waals surface area contributed by atoms with Gasteiger partial charge in [0.15, 0.2) is 20.2 Å². The van der Waals surface area contributed by atoms with Gasteiger partial charge >= 0.3 is 0 Å². The third kappa shape index (κ3) is 3.25. The SMILES string of the molecule is O=C(C1CC1)C(Sc1ccccc1)S(=O)(=O)c1ccccc1. The smallest absolute Gasteiger partial charge is 0.198 e. The molecule has 1 aliphatic carbocycles. The second-order valence-electron chi connectivity index (χ2n) is 5.30.